The van der Waals surface area contributed by atoms with Crippen LogP contribution in [0.2, 0.25) is 0 Å². The summed E-state index contributed by atoms with van der Waals surface area (Å²) in [4.78, 5) is 38.3. The molecule has 5 aromatic rings. The van der Waals surface area contributed by atoms with E-state index in [0.717, 1.165) is 29.0 Å². The molecule has 0 aliphatic rings. The number of thioether (sulfide) groups is 1. The number of para-hydroxylation sites is 3. The number of fused-ring (bicyclic) bond motifs is 2. The summed E-state index contributed by atoms with van der Waals surface area (Å²) < 4.78 is 1.49. The van der Waals surface area contributed by atoms with Gasteiger partial charge in [0.15, 0.2) is 0 Å². The van der Waals surface area contributed by atoms with E-state index in [4.69, 9.17) is 0 Å². The number of rotatable bonds is 7. The molecule has 1 atom stereocenters. The van der Waals surface area contributed by atoms with Gasteiger partial charge in [0.05, 0.1) is 33.7 Å². The van der Waals surface area contributed by atoms with Crippen molar-refractivity contribution in [2.45, 2.75) is 12.5 Å². The van der Waals surface area contributed by atoms with Gasteiger partial charge in [-0.25, -0.2) is 9.97 Å². The van der Waals surface area contributed by atoms with Crippen LogP contribution in [0.5, 0.6) is 0 Å². The molecule has 0 saturated carbocycles. The molecular formula is C26H23N5O2S. The molecule has 0 saturated heterocycles. The molecule has 0 spiro atoms. The van der Waals surface area contributed by atoms with Gasteiger partial charge in [0.2, 0.25) is 0 Å². The summed E-state index contributed by atoms with van der Waals surface area (Å²) in [6, 6.07) is 21.8. The van der Waals surface area contributed by atoms with E-state index in [2.05, 4.69) is 20.3 Å². The highest BCUT2D eigenvalue weighted by atomic mass is 32.2. The van der Waals surface area contributed by atoms with Crippen molar-refractivity contribution in [2.75, 3.05) is 12.0 Å². The maximum Gasteiger partial charge on any atom is 0.265 e. The van der Waals surface area contributed by atoms with E-state index in [1.54, 1.807) is 42.1 Å². The Kier molecular flexibility index (Phi) is 6.14. The molecule has 5 rings (SSSR count). The Morgan fingerprint density at radius 3 is 2.53 bits per heavy atom. The van der Waals surface area contributed by atoms with E-state index in [1.807, 2.05) is 48.7 Å². The van der Waals surface area contributed by atoms with E-state index in [0.29, 0.717) is 22.2 Å². The predicted molar refractivity (Wildman–Crippen MR) is 137 cm³/mol. The molecule has 7 nitrogen and oxygen atoms in total. The first kappa shape index (κ1) is 21.9. The zero-order chi connectivity index (χ0) is 23.5. The highest BCUT2D eigenvalue weighted by molar-refractivity contribution is 7.98. The van der Waals surface area contributed by atoms with Gasteiger partial charge in [0.1, 0.15) is 12.2 Å². The number of carbonyl (C=O) groups is 1. The van der Waals surface area contributed by atoms with Crippen LogP contribution in [0.25, 0.3) is 27.6 Å². The summed E-state index contributed by atoms with van der Waals surface area (Å²) in [5.74, 6) is 1.44. The van der Waals surface area contributed by atoms with Gasteiger partial charge in [-0.3, -0.25) is 14.2 Å². The van der Waals surface area contributed by atoms with E-state index >= 15 is 0 Å². The van der Waals surface area contributed by atoms with Gasteiger partial charge in [0.25, 0.3) is 11.5 Å². The topological polar surface area (TPSA) is 92.7 Å². The molecule has 170 valence electrons. The SMILES string of the molecule is CSCCC(NC(=O)c1ccc(-n2cnc3ccccc3c2=O)cc1)c1nc2ccccc2[nH]1. The minimum Gasteiger partial charge on any atom is -0.342 e. The van der Waals surface area contributed by atoms with Crippen LogP contribution in [-0.4, -0.2) is 37.4 Å². The fraction of sp³-hybridized carbons (Fsp3) is 0.154. The van der Waals surface area contributed by atoms with Crippen molar-refractivity contribution in [3.63, 3.8) is 0 Å². The van der Waals surface area contributed by atoms with Gasteiger partial charge in [-0.15, -0.1) is 0 Å². The summed E-state index contributed by atoms with van der Waals surface area (Å²) in [6.45, 7) is 0. The number of benzene rings is 3. The van der Waals surface area contributed by atoms with Crippen LogP contribution in [0.3, 0.4) is 0 Å². The Labute approximate surface area is 200 Å². The number of hydrogen-bond acceptors (Lipinski definition) is 5. The quantitative estimate of drug-likeness (QED) is 0.366. The van der Waals surface area contributed by atoms with Crippen LogP contribution < -0.4 is 10.9 Å². The largest absolute Gasteiger partial charge is 0.342 e. The van der Waals surface area contributed by atoms with Crippen molar-refractivity contribution in [1.29, 1.82) is 0 Å². The highest BCUT2D eigenvalue weighted by Crippen LogP contribution is 2.21. The molecule has 2 N–H and O–H groups in total. The van der Waals surface area contributed by atoms with E-state index < -0.39 is 0 Å². The average molecular weight is 470 g/mol. The van der Waals surface area contributed by atoms with Crippen LogP contribution in [-0.2, 0) is 0 Å². The van der Waals surface area contributed by atoms with Gasteiger partial charge >= 0.3 is 0 Å². The number of imidazole rings is 1. The molecule has 0 aliphatic carbocycles. The molecule has 2 heterocycles. The van der Waals surface area contributed by atoms with Crippen molar-refractivity contribution < 1.29 is 4.79 Å². The molecule has 0 bridgehead atoms. The Morgan fingerprint density at radius 2 is 1.76 bits per heavy atom. The van der Waals surface area contributed by atoms with E-state index in [9.17, 15) is 9.59 Å². The predicted octanol–water partition coefficient (Wildman–Crippen LogP) is 4.49. The second-order valence-corrected chi connectivity index (χ2v) is 8.92. The number of aromatic nitrogens is 4. The second-order valence-electron chi connectivity index (χ2n) is 7.93. The van der Waals surface area contributed by atoms with Crippen molar-refractivity contribution >= 4 is 39.6 Å². The number of nitrogens with zero attached hydrogens (tertiary/aromatic N) is 3. The summed E-state index contributed by atoms with van der Waals surface area (Å²) in [7, 11) is 0. The summed E-state index contributed by atoms with van der Waals surface area (Å²) in [5.41, 5.74) is 3.48. The molecule has 1 unspecified atom stereocenters. The summed E-state index contributed by atoms with van der Waals surface area (Å²) in [5, 5.41) is 3.66. The van der Waals surface area contributed by atoms with E-state index in [-0.39, 0.29) is 17.5 Å². The third kappa shape index (κ3) is 4.32. The fourth-order valence-electron chi connectivity index (χ4n) is 3.92. The Hall–Kier alpha value is -3.91. The Bertz CT molecular complexity index is 1490. The van der Waals surface area contributed by atoms with Crippen molar-refractivity contribution in [1.82, 2.24) is 24.8 Å². The lowest BCUT2D eigenvalue weighted by molar-refractivity contribution is 0.0934. The lowest BCUT2D eigenvalue weighted by Gasteiger charge is -2.16. The van der Waals surface area contributed by atoms with E-state index in [1.165, 1.54) is 10.9 Å². The number of nitrogens with one attached hydrogen (secondary N) is 2. The molecule has 0 aliphatic heterocycles. The maximum atomic E-state index is 13.1. The minimum absolute atomic E-state index is 0.148. The maximum absolute atomic E-state index is 13.1. The van der Waals surface area contributed by atoms with Crippen LogP contribution in [0.1, 0.15) is 28.6 Å². The first-order valence-corrected chi connectivity index (χ1v) is 12.3. The number of H-pyrrole nitrogens is 1. The first-order valence-electron chi connectivity index (χ1n) is 11.0. The molecule has 34 heavy (non-hydrogen) atoms. The molecule has 0 fully saturated rings. The highest BCUT2D eigenvalue weighted by Gasteiger charge is 2.19. The van der Waals surface area contributed by atoms with Gasteiger partial charge < -0.3 is 10.3 Å². The molecular weight excluding hydrogens is 446 g/mol. The number of amides is 1. The first-order chi connectivity index (χ1) is 16.6. The smallest absolute Gasteiger partial charge is 0.265 e. The zero-order valence-electron chi connectivity index (χ0n) is 18.6. The van der Waals surface area contributed by atoms with Gasteiger partial charge in [0, 0.05) is 5.56 Å². The molecule has 0 radical (unpaired) electrons. The summed E-state index contributed by atoms with van der Waals surface area (Å²) >= 11 is 1.72. The van der Waals surface area contributed by atoms with Crippen molar-refractivity contribution in [2.24, 2.45) is 0 Å². The Balaban J connectivity index is 1.38. The van der Waals surface area contributed by atoms with Gasteiger partial charge in [-0.1, -0.05) is 24.3 Å². The average Bonchev–Trinajstić information content (AvgIpc) is 3.31. The fourth-order valence-corrected chi connectivity index (χ4v) is 4.39. The molecule has 2 aromatic heterocycles. The summed E-state index contributed by atoms with van der Waals surface area (Å²) in [6.07, 6.45) is 4.31. The monoisotopic (exact) mass is 469 g/mol. The van der Waals surface area contributed by atoms with Gasteiger partial charge in [-0.05, 0) is 67.0 Å². The minimum atomic E-state index is -0.237. The number of carbonyl (C=O) groups excluding carboxylic acids is 1. The lowest BCUT2D eigenvalue weighted by atomic mass is 10.1. The molecule has 8 heteroatoms. The standard InChI is InChI=1S/C26H23N5O2S/c1-34-15-14-23(24-28-21-8-4-5-9-22(21)29-24)30-25(32)17-10-12-18(13-11-17)31-16-27-20-7-3-2-6-19(20)26(31)33/h2-13,16,23H,14-15H2,1H3,(H,28,29)(H,30,32). The van der Waals surface area contributed by atoms with Crippen molar-refractivity contribution in [3.05, 3.63) is 101 Å². The number of hydrogen-bond donors (Lipinski definition) is 2. The number of aromatic amines is 1. The van der Waals surface area contributed by atoms with Crippen molar-refractivity contribution in [3.8, 4) is 5.69 Å². The van der Waals surface area contributed by atoms with Crippen LogP contribution in [0.15, 0.2) is 83.9 Å². The normalized spacial score (nSPS) is 12.1. The Morgan fingerprint density at radius 1 is 1.03 bits per heavy atom. The molecule has 3 aromatic carbocycles. The third-order valence-corrected chi connectivity index (χ3v) is 6.37. The molecule has 1 amide bonds. The van der Waals surface area contributed by atoms with Gasteiger partial charge in [-0.2, -0.15) is 11.8 Å². The third-order valence-electron chi connectivity index (χ3n) is 5.73. The van der Waals surface area contributed by atoms with Crippen LogP contribution in [0.4, 0.5) is 0 Å². The lowest BCUT2D eigenvalue weighted by Crippen LogP contribution is -2.29. The second kappa shape index (κ2) is 9.52. The van der Waals surface area contributed by atoms with Crippen LogP contribution in [0, 0.1) is 0 Å². The van der Waals surface area contributed by atoms with Crippen LogP contribution >= 0.6 is 11.8 Å². The zero-order valence-corrected chi connectivity index (χ0v) is 19.4.